The van der Waals surface area contributed by atoms with E-state index in [4.69, 9.17) is 4.98 Å². The highest BCUT2D eigenvalue weighted by molar-refractivity contribution is 7.22. The van der Waals surface area contributed by atoms with Crippen LogP contribution in [0.3, 0.4) is 0 Å². The van der Waals surface area contributed by atoms with Crippen LogP contribution < -0.4 is 4.90 Å². The molecule has 1 N–H and O–H groups in total. The molecule has 0 spiro atoms. The monoisotopic (exact) mass is 461 g/mol. The van der Waals surface area contributed by atoms with E-state index in [-0.39, 0.29) is 18.0 Å². The van der Waals surface area contributed by atoms with Crippen LogP contribution in [0.4, 0.5) is 10.5 Å². The van der Waals surface area contributed by atoms with E-state index in [2.05, 4.69) is 27.3 Å². The van der Waals surface area contributed by atoms with Crippen molar-refractivity contribution in [2.75, 3.05) is 25.0 Å². The number of pyridine rings is 2. The van der Waals surface area contributed by atoms with Crippen molar-refractivity contribution in [1.82, 2.24) is 30.0 Å². The summed E-state index contributed by atoms with van der Waals surface area (Å²) in [6, 6.07) is 4.25. The second-order valence-corrected chi connectivity index (χ2v) is 9.77. The van der Waals surface area contributed by atoms with Gasteiger partial charge in [-0.15, -0.1) is 11.3 Å². The maximum Gasteiger partial charge on any atom is 0.324 e. The van der Waals surface area contributed by atoms with Gasteiger partial charge in [0.15, 0.2) is 5.65 Å². The molecule has 0 unspecified atom stereocenters. The summed E-state index contributed by atoms with van der Waals surface area (Å²) < 4.78 is 0. The third kappa shape index (κ3) is 3.24. The third-order valence-corrected chi connectivity index (χ3v) is 7.73. The van der Waals surface area contributed by atoms with Crippen LogP contribution in [0.25, 0.3) is 31.7 Å². The fraction of sp³-hybridized carbons (Fsp3) is 0.348. The van der Waals surface area contributed by atoms with Gasteiger partial charge in [0.05, 0.1) is 18.4 Å². The van der Waals surface area contributed by atoms with E-state index < -0.39 is 0 Å². The summed E-state index contributed by atoms with van der Waals surface area (Å²) in [7, 11) is 1.83. The van der Waals surface area contributed by atoms with Gasteiger partial charge in [0, 0.05) is 72.3 Å². The number of aromatic amines is 1. The molecule has 33 heavy (non-hydrogen) atoms. The maximum atomic E-state index is 13.4. The largest absolute Gasteiger partial charge is 0.343 e. The number of urea groups is 1. The molecule has 10 heteroatoms. The van der Waals surface area contributed by atoms with Gasteiger partial charge >= 0.3 is 6.03 Å². The number of nitrogens with zero attached hydrogens (tertiary/aromatic N) is 6. The van der Waals surface area contributed by atoms with Crippen LogP contribution >= 0.6 is 11.3 Å². The molecule has 2 aliphatic rings. The summed E-state index contributed by atoms with van der Waals surface area (Å²) in [5, 5.41) is 8.89. The molecule has 1 fully saturated rings. The van der Waals surface area contributed by atoms with Gasteiger partial charge in [-0.1, -0.05) is 0 Å². The first-order valence-electron chi connectivity index (χ1n) is 11.0. The van der Waals surface area contributed by atoms with Gasteiger partial charge < -0.3 is 9.80 Å². The number of likely N-dealkylation sites (tertiary alicyclic amines) is 1. The summed E-state index contributed by atoms with van der Waals surface area (Å²) in [6.07, 6.45) is 7.03. The van der Waals surface area contributed by atoms with Crippen molar-refractivity contribution in [2.45, 2.75) is 32.4 Å². The molecule has 0 aliphatic carbocycles. The lowest BCUT2D eigenvalue weighted by Crippen LogP contribution is -2.54. The average Bonchev–Trinajstić information content (AvgIpc) is 3.46. The van der Waals surface area contributed by atoms with Gasteiger partial charge in [0.25, 0.3) is 0 Å². The molecule has 4 aromatic rings. The molecule has 0 radical (unpaired) electrons. The highest BCUT2D eigenvalue weighted by Gasteiger charge is 2.37. The summed E-state index contributed by atoms with van der Waals surface area (Å²) in [5.74, 6) is 0.0909. The molecule has 6 rings (SSSR count). The molecule has 1 saturated heterocycles. The first kappa shape index (κ1) is 20.1. The topological polar surface area (TPSA) is 98.3 Å². The van der Waals surface area contributed by atoms with E-state index in [9.17, 15) is 9.59 Å². The Balaban J connectivity index is 1.44. The average molecular weight is 462 g/mol. The minimum Gasteiger partial charge on any atom is -0.343 e. The fourth-order valence-corrected chi connectivity index (χ4v) is 5.90. The Morgan fingerprint density at radius 2 is 1.97 bits per heavy atom. The number of carbonyl (C=O) groups excluding carboxylic acids is 2. The van der Waals surface area contributed by atoms with Gasteiger partial charge in [-0.3, -0.25) is 14.8 Å². The third-order valence-electron chi connectivity index (χ3n) is 6.64. The minimum absolute atomic E-state index is 0.00510. The lowest BCUT2D eigenvalue weighted by atomic mass is 9.99. The van der Waals surface area contributed by atoms with E-state index in [0.29, 0.717) is 19.6 Å². The molecule has 9 nitrogen and oxygen atoms in total. The molecule has 6 heterocycles. The van der Waals surface area contributed by atoms with Crippen LogP contribution in [-0.4, -0.2) is 68.1 Å². The van der Waals surface area contributed by atoms with Gasteiger partial charge in [0.1, 0.15) is 4.83 Å². The molecule has 0 saturated carbocycles. The smallest absolute Gasteiger partial charge is 0.324 e. The number of carbonyl (C=O) groups is 2. The Morgan fingerprint density at radius 1 is 1.15 bits per heavy atom. The molecule has 4 aromatic heterocycles. The Bertz CT molecular complexity index is 1400. The molecule has 3 amide bonds. The molecule has 0 bridgehead atoms. The number of H-pyrrole nitrogens is 1. The number of amides is 3. The lowest BCUT2D eigenvalue weighted by molar-refractivity contribution is -0.129. The van der Waals surface area contributed by atoms with Crippen molar-refractivity contribution >= 4 is 50.2 Å². The van der Waals surface area contributed by atoms with E-state index >= 15 is 0 Å². The summed E-state index contributed by atoms with van der Waals surface area (Å²) in [5.41, 5.74) is 3.77. The minimum atomic E-state index is 0.00510. The molecule has 168 valence electrons. The Hall–Kier alpha value is -3.53. The molecule has 0 aromatic carbocycles. The standard InChI is InChI=1S/C23H23N7O2S/c1-13(31)29-5-3-17(4-6-29)30-20-16(12-28(2)23(30)32)10-25-22-18(20)8-19(33-22)14-7-15-11-26-27-21(15)24-9-14/h7-11,17H,3-6,12H2,1-2H3,(H,24,26,27). The van der Waals surface area contributed by atoms with Crippen molar-refractivity contribution in [3.63, 3.8) is 0 Å². The van der Waals surface area contributed by atoms with Crippen molar-refractivity contribution < 1.29 is 9.59 Å². The number of fused-ring (bicyclic) bond motifs is 4. The van der Waals surface area contributed by atoms with Crippen LogP contribution in [-0.2, 0) is 11.3 Å². The van der Waals surface area contributed by atoms with E-state index in [1.54, 1.807) is 29.4 Å². The summed E-state index contributed by atoms with van der Waals surface area (Å²) in [4.78, 5) is 41.9. The van der Waals surface area contributed by atoms with E-state index in [1.807, 2.05) is 29.2 Å². The first-order valence-corrected chi connectivity index (χ1v) is 11.8. The zero-order valence-electron chi connectivity index (χ0n) is 18.4. The van der Waals surface area contributed by atoms with Crippen molar-refractivity contribution in [2.24, 2.45) is 0 Å². The van der Waals surface area contributed by atoms with E-state index in [1.165, 1.54) is 0 Å². The van der Waals surface area contributed by atoms with Gasteiger partial charge in [-0.25, -0.2) is 14.8 Å². The molecule has 0 atom stereocenters. The predicted molar refractivity (Wildman–Crippen MR) is 127 cm³/mol. The van der Waals surface area contributed by atoms with Gasteiger partial charge in [0.2, 0.25) is 5.91 Å². The number of nitrogens with one attached hydrogen (secondary N) is 1. The number of anilines is 1. The van der Waals surface area contributed by atoms with Gasteiger partial charge in [-0.2, -0.15) is 5.10 Å². The maximum absolute atomic E-state index is 13.4. The lowest BCUT2D eigenvalue weighted by Gasteiger charge is -2.43. The number of piperidine rings is 1. The Labute approximate surface area is 194 Å². The van der Waals surface area contributed by atoms with E-state index in [0.717, 1.165) is 55.8 Å². The zero-order valence-corrected chi connectivity index (χ0v) is 19.2. The van der Waals surface area contributed by atoms with Crippen molar-refractivity contribution in [1.29, 1.82) is 0 Å². The highest BCUT2D eigenvalue weighted by Crippen LogP contribution is 2.42. The normalized spacial score (nSPS) is 17.3. The number of hydrogen-bond donors (Lipinski definition) is 1. The fourth-order valence-electron chi connectivity index (χ4n) is 4.91. The Kier molecular flexibility index (Phi) is 4.58. The SMILES string of the molecule is CC(=O)N1CCC(N2C(=O)N(C)Cc3cnc4sc(-c5cnc6[nH]ncc6c5)cc4c32)CC1. The first-order chi connectivity index (χ1) is 16.0. The quantitative estimate of drug-likeness (QED) is 0.492. The second kappa shape index (κ2) is 7.51. The van der Waals surface area contributed by atoms with Crippen LogP contribution in [0.2, 0.25) is 0 Å². The number of rotatable bonds is 2. The summed E-state index contributed by atoms with van der Waals surface area (Å²) in [6.45, 7) is 3.48. The Morgan fingerprint density at radius 3 is 2.76 bits per heavy atom. The molecular weight excluding hydrogens is 438 g/mol. The molecular formula is C23H23N7O2S. The zero-order chi connectivity index (χ0) is 22.7. The highest BCUT2D eigenvalue weighted by atomic mass is 32.1. The number of thiophene rings is 1. The van der Waals surface area contributed by atoms with Crippen molar-refractivity contribution in [3.05, 3.63) is 36.3 Å². The van der Waals surface area contributed by atoms with Crippen LogP contribution in [0.15, 0.2) is 30.7 Å². The molecule has 2 aliphatic heterocycles. The van der Waals surface area contributed by atoms with Crippen LogP contribution in [0.1, 0.15) is 25.3 Å². The van der Waals surface area contributed by atoms with Gasteiger partial charge in [-0.05, 0) is 25.0 Å². The predicted octanol–water partition coefficient (Wildman–Crippen LogP) is 3.62. The second-order valence-electron chi connectivity index (χ2n) is 8.74. The van der Waals surface area contributed by atoms with Crippen molar-refractivity contribution in [3.8, 4) is 10.4 Å². The number of aromatic nitrogens is 4. The summed E-state index contributed by atoms with van der Waals surface area (Å²) >= 11 is 1.60. The van der Waals surface area contributed by atoms with Crippen LogP contribution in [0.5, 0.6) is 0 Å². The number of hydrogen-bond acceptors (Lipinski definition) is 6. The van der Waals surface area contributed by atoms with Crippen LogP contribution in [0, 0.1) is 0 Å².